The van der Waals surface area contributed by atoms with Gasteiger partial charge >= 0.3 is 0 Å². The molecule has 8 heteroatoms. The van der Waals surface area contributed by atoms with Gasteiger partial charge in [0.15, 0.2) is 0 Å². The van der Waals surface area contributed by atoms with Gasteiger partial charge in [0, 0.05) is 23.6 Å². The van der Waals surface area contributed by atoms with Crippen molar-refractivity contribution in [2.45, 2.75) is 30.7 Å². The Labute approximate surface area is 162 Å². The van der Waals surface area contributed by atoms with Crippen LogP contribution in [-0.4, -0.2) is 36.8 Å². The fourth-order valence-corrected chi connectivity index (χ4v) is 4.75. The Kier molecular flexibility index (Phi) is 5.61. The van der Waals surface area contributed by atoms with E-state index in [1.807, 2.05) is 19.1 Å². The zero-order chi connectivity index (χ0) is 18.7. The largest absolute Gasteiger partial charge is 0.366 e. The number of benzene rings is 1. The van der Waals surface area contributed by atoms with Crippen LogP contribution in [0.5, 0.6) is 0 Å². The number of aryl methyl sites for hydroxylation is 1. The Bertz CT molecular complexity index is 939. The van der Waals surface area contributed by atoms with Gasteiger partial charge in [0.1, 0.15) is 17.6 Å². The second-order valence-electron chi connectivity index (χ2n) is 6.27. The van der Waals surface area contributed by atoms with Gasteiger partial charge in [-0.15, -0.1) is 0 Å². The van der Waals surface area contributed by atoms with Crippen molar-refractivity contribution in [1.29, 1.82) is 5.26 Å². The number of pyridine rings is 1. The normalized spacial score (nSPS) is 18.3. The lowest BCUT2D eigenvalue weighted by molar-refractivity contribution is 0.326. The predicted octanol–water partition coefficient (Wildman–Crippen LogP) is 3.29. The number of rotatable bonds is 4. The number of nitrogens with zero attached hydrogens (tertiary/aromatic N) is 3. The Morgan fingerprint density at radius 3 is 2.69 bits per heavy atom. The van der Waals surface area contributed by atoms with Crippen LogP contribution < -0.4 is 5.32 Å². The highest BCUT2D eigenvalue weighted by atomic mass is 79.9. The molecule has 0 amide bonds. The van der Waals surface area contributed by atoms with Gasteiger partial charge in [0.05, 0.1) is 4.90 Å². The van der Waals surface area contributed by atoms with E-state index in [2.05, 4.69) is 32.3 Å². The van der Waals surface area contributed by atoms with Crippen LogP contribution in [0.15, 0.2) is 45.8 Å². The van der Waals surface area contributed by atoms with Crippen molar-refractivity contribution in [2.75, 3.05) is 18.4 Å². The van der Waals surface area contributed by atoms with Crippen LogP contribution in [0.25, 0.3) is 0 Å². The first kappa shape index (κ1) is 18.8. The predicted molar refractivity (Wildman–Crippen MR) is 103 cm³/mol. The first-order valence-corrected chi connectivity index (χ1v) is 10.5. The van der Waals surface area contributed by atoms with E-state index in [0.29, 0.717) is 29.5 Å². The summed E-state index contributed by atoms with van der Waals surface area (Å²) in [7, 11) is -3.52. The zero-order valence-electron chi connectivity index (χ0n) is 14.3. The van der Waals surface area contributed by atoms with Gasteiger partial charge in [0.2, 0.25) is 10.0 Å². The van der Waals surface area contributed by atoms with Crippen LogP contribution in [-0.2, 0) is 10.0 Å². The molecule has 0 aliphatic carbocycles. The lowest BCUT2D eigenvalue weighted by Gasteiger charge is -2.32. The van der Waals surface area contributed by atoms with Crippen molar-refractivity contribution in [3.63, 3.8) is 0 Å². The van der Waals surface area contributed by atoms with E-state index < -0.39 is 10.0 Å². The fourth-order valence-electron chi connectivity index (χ4n) is 2.97. The molecule has 1 unspecified atom stereocenters. The molecule has 26 heavy (non-hydrogen) atoms. The van der Waals surface area contributed by atoms with Crippen LogP contribution in [0.3, 0.4) is 0 Å². The average Bonchev–Trinajstić information content (AvgIpc) is 2.64. The number of hydrogen-bond donors (Lipinski definition) is 1. The maximum absolute atomic E-state index is 12.9. The van der Waals surface area contributed by atoms with Crippen molar-refractivity contribution >= 4 is 31.8 Å². The summed E-state index contributed by atoms with van der Waals surface area (Å²) in [5, 5.41) is 12.4. The lowest BCUT2D eigenvalue weighted by Crippen LogP contribution is -2.45. The van der Waals surface area contributed by atoms with Gasteiger partial charge in [-0.1, -0.05) is 22.0 Å². The molecule has 1 aromatic carbocycles. The molecular formula is C18H19BrN4O2S. The molecule has 1 aliphatic heterocycles. The molecule has 0 bridgehead atoms. The van der Waals surface area contributed by atoms with Gasteiger partial charge in [-0.3, -0.25) is 0 Å². The number of hydrogen-bond acceptors (Lipinski definition) is 5. The highest BCUT2D eigenvalue weighted by Gasteiger charge is 2.30. The molecule has 136 valence electrons. The molecule has 1 aromatic heterocycles. The molecular weight excluding hydrogens is 416 g/mol. The van der Waals surface area contributed by atoms with Gasteiger partial charge < -0.3 is 5.32 Å². The number of nitriles is 1. The van der Waals surface area contributed by atoms with Crippen LogP contribution in [0.2, 0.25) is 0 Å². The molecule has 1 N–H and O–H groups in total. The van der Waals surface area contributed by atoms with Crippen LogP contribution >= 0.6 is 15.9 Å². The molecule has 3 rings (SSSR count). The number of piperidine rings is 1. The summed E-state index contributed by atoms with van der Waals surface area (Å²) in [5.74, 6) is 0.597. The van der Waals surface area contributed by atoms with E-state index in [0.717, 1.165) is 22.9 Å². The second-order valence-corrected chi connectivity index (χ2v) is 9.13. The van der Waals surface area contributed by atoms with E-state index in [9.17, 15) is 8.42 Å². The van der Waals surface area contributed by atoms with Crippen molar-refractivity contribution in [1.82, 2.24) is 9.29 Å². The Hall–Kier alpha value is -1.95. The molecule has 1 atom stereocenters. The molecule has 1 aliphatic rings. The monoisotopic (exact) mass is 434 g/mol. The quantitative estimate of drug-likeness (QED) is 0.797. The first-order valence-electron chi connectivity index (χ1n) is 8.30. The summed E-state index contributed by atoms with van der Waals surface area (Å²) in [6.45, 7) is 2.71. The Balaban J connectivity index is 1.75. The van der Waals surface area contributed by atoms with E-state index in [4.69, 9.17) is 5.26 Å². The molecule has 2 aromatic rings. The minimum Gasteiger partial charge on any atom is -0.366 e. The topological polar surface area (TPSA) is 86.1 Å². The third-order valence-corrected chi connectivity index (χ3v) is 6.80. The van der Waals surface area contributed by atoms with Gasteiger partial charge in [-0.25, -0.2) is 13.4 Å². The van der Waals surface area contributed by atoms with Crippen molar-refractivity contribution < 1.29 is 8.42 Å². The van der Waals surface area contributed by atoms with E-state index in [1.165, 1.54) is 4.31 Å². The van der Waals surface area contributed by atoms with Crippen LogP contribution in [0.1, 0.15) is 24.1 Å². The molecule has 1 fully saturated rings. The smallest absolute Gasteiger partial charge is 0.243 e. The van der Waals surface area contributed by atoms with Crippen LogP contribution in [0, 0.1) is 18.3 Å². The summed E-state index contributed by atoms with van der Waals surface area (Å²) < 4.78 is 28.1. The van der Waals surface area contributed by atoms with Gasteiger partial charge in [-0.05, 0) is 55.7 Å². The molecule has 0 saturated carbocycles. The fraction of sp³-hybridized carbons (Fsp3) is 0.333. The van der Waals surface area contributed by atoms with Crippen LogP contribution in [0.4, 0.5) is 5.82 Å². The summed E-state index contributed by atoms with van der Waals surface area (Å²) in [6.07, 6.45) is 1.62. The molecule has 0 spiro atoms. The Morgan fingerprint density at radius 1 is 1.27 bits per heavy atom. The Morgan fingerprint density at radius 2 is 2.00 bits per heavy atom. The third-order valence-electron chi connectivity index (χ3n) is 4.39. The van der Waals surface area contributed by atoms with Gasteiger partial charge in [-0.2, -0.15) is 9.57 Å². The summed E-state index contributed by atoms with van der Waals surface area (Å²) in [5.41, 5.74) is 1.20. The summed E-state index contributed by atoms with van der Waals surface area (Å²) in [6, 6.07) is 12.4. The maximum atomic E-state index is 12.9. The highest BCUT2D eigenvalue weighted by molar-refractivity contribution is 9.10. The van der Waals surface area contributed by atoms with E-state index >= 15 is 0 Å². The van der Waals surface area contributed by atoms with E-state index in [1.54, 1.807) is 24.3 Å². The maximum Gasteiger partial charge on any atom is 0.243 e. The van der Waals surface area contributed by atoms with Crippen molar-refractivity contribution in [3.05, 3.63) is 52.1 Å². The number of anilines is 1. The summed E-state index contributed by atoms with van der Waals surface area (Å²) >= 11 is 3.32. The van der Waals surface area contributed by atoms with Crippen molar-refractivity contribution in [3.8, 4) is 6.07 Å². The molecule has 2 heterocycles. The highest BCUT2D eigenvalue weighted by Crippen LogP contribution is 2.24. The van der Waals surface area contributed by atoms with Crippen molar-refractivity contribution in [2.24, 2.45) is 0 Å². The third kappa shape index (κ3) is 4.06. The number of halogens is 1. The standard InChI is InChI=1S/C18H19BrN4O2S/c1-13-4-9-18(22-17(13)11-20)21-15-3-2-10-23(12-15)26(24,25)16-7-5-14(19)6-8-16/h4-9,15H,2-3,10,12H2,1H3,(H,21,22). The SMILES string of the molecule is Cc1ccc(NC2CCCN(S(=O)(=O)c3ccc(Br)cc3)C2)nc1C#N. The van der Waals surface area contributed by atoms with Gasteiger partial charge in [0.25, 0.3) is 0 Å². The first-order chi connectivity index (χ1) is 12.4. The molecule has 1 saturated heterocycles. The number of aromatic nitrogens is 1. The second kappa shape index (κ2) is 7.74. The summed E-state index contributed by atoms with van der Waals surface area (Å²) in [4.78, 5) is 4.59. The minimum absolute atomic E-state index is 0.0456. The average molecular weight is 435 g/mol. The zero-order valence-corrected chi connectivity index (χ0v) is 16.7. The number of nitrogens with one attached hydrogen (secondary N) is 1. The molecule has 0 radical (unpaired) electrons. The lowest BCUT2D eigenvalue weighted by atomic mass is 10.1. The van der Waals surface area contributed by atoms with E-state index in [-0.39, 0.29) is 6.04 Å². The molecule has 6 nitrogen and oxygen atoms in total. The number of sulfonamides is 1. The minimum atomic E-state index is -3.52.